The molecule has 1 aromatic carbocycles. The number of para-hydroxylation sites is 1. The summed E-state index contributed by atoms with van der Waals surface area (Å²) in [5, 5.41) is 15.6. The molecule has 0 bridgehead atoms. The second kappa shape index (κ2) is 5.34. The van der Waals surface area contributed by atoms with Crippen LogP contribution in [0.2, 0.25) is 0 Å². The van der Waals surface area contributed by atoms with E-state index in [9.17, 15) is 4.79 Å². The molecular formula is C14H14N2O4. The van der Waals surface area contributed by atoms with Crippen molar-refractivity contribution in [3.05, 3.63) is 47.3 Å². The number of fused-ring (bicyclic) bond motifs is 1. The Balaban J connectivity index is 1.68. The predicted octanol–water partition coefficient (Wildman–Crippen LogP) is 1.99. The van der Waals surface area contributed by atoms with E-state index in [1.807, 2.05) is 24.3 Å². The van der Waals surface area contributed by atoms with Crippen LogP contribution in [0.25, 0.3) is 0 Å². The average Bonchev–Trinajstić information content (AvgIpc) is 2.94. The van der Waals surface area contributed by atoms with Gasteiger partial charge in [-0.2, -0.15) is 0 Å². The zero-order valence-electron chi connectivity index (χ0n) is 10.7. The fourth-order valence-electron chi connectivity index (χ4n) is 2.27. The number of nitrogens with zero attached hydrogens (tertiary/aromatic N) is 1. The second-order valence-electron chi connectivity index (χ2n) is 4.59. The smallest absolute Gasteiger partial charge is 0.358 e. The third-order valence-corrected chi connectivity index (χ3v) is 3.26. The van der Waals surface area contributed by atoms with E-state index in [-0.39, 0.29) is 11.7 Å². The van der Waals surface area contributed by atoms with Crippen LogP contribution in [-0.4, -0.2) is 22.8 Å². The minimum atomic E-state index is -1.09. The van der Waals surface area contributed by atoms with Crippen LogP contribution in [0, 0.1) is 0 Å². The van der Waals surface area contributed by atoms with E-state index in [1.54, 1.807) is 0 Å². The van der Waals surface area contributed by atoms with Gasteiger partial charge in [0.2, 0.25) is 0 Å². The minimum Gasteiger partial charge on any atom is -0.493 e. The zero-order chi connectivity index (χ0) is 13.9. The van der Waals surface area contributed by atoms with E-state index >= 15 is 0 Å². The fourth-order valence-corrected chi connectivity index (χ4v) is 2.27. The van der Waals surface area contributed by atoms with Gasteiger partial charge in [-0.25, -0.2) is 4.79 Å². The first kappa shape index (κ1) is 12.7. The summed E-state index contributed by atoms with van der Waals surface area (Å²) in [5.74, 6) is 0.308. The third-order valence-electron chi connectivity index (χ3n) is 3.26. The molecule has 3 rings (SSSR count). The van der Waals surface area contributed by atoms with Gasteiger partial charge in [-0.05, 0) is 6.07 Å². The first-order valence-electron chi connectivity index (χ1n) is 6.38. The predicted molar refractivity (Wildman–Crippen MR) is 69.6 cm³/mol. The van der Waals surface area contributed by atoms with Crippen molar-refractivity contribution >= 4 is 5.97 Å². The molecule has 0 spiro atoms. The maximum atomic E-state index is 10.7. The molecule has 0 saturated carbocycles. The molecule has 0 aliphatic carbocycles. The van der Waals surface area contributed by atoms with Gasteiger partial charge in [0.25, 0.3) is 0 Å². The maximum Gasteiger partial charge on any atom is 0.358 e. The van der Waals surface area contributed by atoms with Crippen LogP contribution in [0.1, 0.15) is 34.3 Å². The Kier molecular flexibility index (Phi) is 3.39. The molecule has 2 heterocycles. The number of aromatic nitrogens is 1. The highest BCUT2D eigenvalue weighted by atomic mass is 16.5. The Bertz CT molecular complexity index is 623. The van der Waals surface area contributed by atoms with Crippen LogP contribution in [-0.2, 0) is 6.54 Å². The van der Waals surface area contributed by atoms with Gasteiger partial charge in [0.05, 0.1) is 13.2 Å². The number of hydrogen-bond acceptors (Lipinski definition) is 5. The first-order valence-corrected chi connectivity index (χ1v) is 6.38. The number of carbonyl (C=O) groups is 1. The van der Waals surface area contributed by atoms with Crippen LogP contribution in [0.4, 0.5) is 0 Å². The SMILES string of the molecule is O=C(O)c1cc(CNC2CCOc3ccccc32)on1. The van der Waals surface area contributed by atoms with Gasteiger partial charge in [0.1, 0.15) is 5.75 Å². The summed E-state index contributed by atoms with van der Waals surface area (Å²) in [4.78, 5) is 10.7. The number of ether oxygens (including phenoxy) is 1. The highest BCUT2D eigenvalue weighted by Crippen LogP contribution is 2.31. The summed E-state index contributed by atoms with van der Waals surface area (Å²) in [7, 11) is 0. The molecule has 1 aliphatic rings. The zero-order valence-corrected chi connectivity index (χ0v) is 10.7. The van der Waals surface area contributed by atoms with Crippen molar-refractivity contribution in [3.63, 3.8) is 0 Å². The number of carboxylic acid groups (broad SMARTS) is 1. The molecule has 0 saturated heterocycles. The van der Waals surface area contributed by atoms with E-state index in [0.717, 1.165) is 17.7 Å². The summed E-state index contributed by atoms with van der Waals surface area (Å²) < 4.78 is 10.6. The summed E-state index contributed by atoms with van der Waals surface area (Å²) in [6.07, 6.45) is 0.858. The second-order valence-corrected chi connectivity index (χ2v) is 4.59. The van der Waals surface area contributed by atoms with Gasteiger partial charge < -0.3 is 19.7 Å². The lowest BCUT2D eigenvalue weighted by atomic mass is 10.0. The molecule has 1 aliphatic heterocycles. The molecule has 0 fully saturated rings. The molecule has 0 radical (unpaired) electrons. The highest BCUT2D eigenvalue weighted by Gasteiger charge is 2.21. The number of nitrogens with one attached hydrogen (secondary N) is 1. The van der Waals surface area contributed by atoms with Crippen LogP contribution in [0.15, 0.2) is 34.9 Å². The summed E-state index contributed by atoms with van der Waals surface area (Å²) in [5.41, 5.74) is 1.03. The number of aromatic carboxylic acids is 1. The number of carboxylic acids is 1. The fraction of sp³-hybridized carbons (Fsp3) is 0.286. The molecule has 6 nitrogen and oxygen atoms in total. The molecule has 6 heteroatoms. The van der Waals surface area contributed by atoms with Crippen molar-refractivity contribution in [2.75, 3.05) is 6.61 Å². The van der Waals surface area contributed by atoms with Gasteiger partial charge in [-0.15, -0.1) is 0 Å². The minimum absolute atomic E-state index is 0.0748. The van der Waals surface area contributed by atoms with Crippen LogP contribution in [0.5, 0.6) is 5.75 Å². The van der Waals surface area contributed by atoms with E-state index in [0.29, 0.717) is 18.9 Å². The molecule has 104 valence electrons. The van der Waals surface area contributed by atoms with Crippen LogP contribution >= 0.6 is 0 Å². The molecule has 1 atom stereocenters. The van der Waals surface area contributed by atoms with E-state index < -0.39 is 5.97 Å². The van der Waals surface area contributed by atoms with Crippen molar-refractivity contribution in [1.82, 2.24) is 10.5 Å². The monoisotopic (exact) mass is 274 g/mol. The largest absolute Gasteiger partial charge is 0.493 e. The Labute approximate surface area is 115 Å². The van der Waals surface area contributed by atoms with Gasteiger partial charge in [0.15, 0.2) is 11.5 Å². The van der Waals surface area contributed by atoms with E-state index in [2.05, 4.69) is 10.5 Å². The standard InChI is InChI=1S/C14H14N2O4/c17-14(18)12-7-9(20-16-12)8-15-11-5-6-19-13-4-2-1-3-10(11)13/h1-4,7,11,15H,5-6,8H2,(H,17,18). The molecule has 2 N–H and O–H groups in total. The van der Waals surface area contributed by atoms with E-state index in [4.69, 9.17) is 14.4 Å². The van der Waals surface area contributed by atoms with Crippen molar-refractivity contribution in [1.29, 1.82) is 0 Å². The Hall–Kier alpha value is -2.34. The van der Waals surface area contributed by atoms with Gasteiger partial charge in [0, 0.05) is 24.1 Å². The van der Waals surface area contributed by atoms with Crippen LogP contribution < -0.4 is 10.1 Å². The maximum absolute atomic E-state index is 10.7. The quantitative estimate of drug-likeness (QED) is 0.887. The molecule has 1 aromatic heterocycles. The average molecular weight is 274 g/mol. The van der Waals surface area contributed by atoms with Crippen molar-refractivity contribution in [3.8, 4) is 5.75 Å². The van der Waals surface area contributed by atoms with Gasteiger partial charge >= 0.3 is 5.97 Å². The summed E-state index contributed by atoms with van der Waals surface area (Å²) >= 11 is 0. The van der Waals surface area contributed by atoms with Gasteiger partial charge in [-0.3, -0.25) is 0 Å². The molecule has 0 amide bonds. The molecule has 20 heavy (non-hydrogen) atoms. The Morgan fingerprint density at radius 3 is 3.10 bits per heavy atom. The Morgan fingerprint density at radius 1 is 1.45 bits per heavy atom. The third kappa shape index (κ3) is 2.50. The van der Waals surface area contributed by atoms with Gasteiger partial charge in [-0.1, -0.05) is 23.4 Å². The van der Waals surface area contributed by atoms with Crippen molar-refractivity contribution < 1.29 is 19.2 Å². The first-order chi connectivity index (χ1) is 9.74. The molecule has 1 unspecified atom stereocenters. The van der Waals surface area contributed by atoms with Crippen molar-refractivity contribution in [2.45, 2.75) is 19.0 Å². The summed E-state index contributed by atoms with van der Waals surface area (Å²) in [6, 6.07) is 9.48. The Morgan fingerprint density at radius 2 is 2.30 bits per heavy atom. The number of hydrogen-bond donors (Lipinski definition) is 2. The van der Waals surface area contributed by atoms with E-state index in [1.165, 1.54) is 6.07 Å². The topological polar surface area (TPSA) is 84.6 Å². The number of benzene rings is 1. The number of rotatable bonds is 4. The highest BCUT2D eigenvalue weighted by molar-refractivity contribution is 5.85. The lowest BCUT2D eigenvalue weighted by Crippen LogP contribution is -2.26. The normalized spacial score (nSPS) is 17.3. The lowest BCUT2D eigenvalue weighted by molar-refractivity contribution is 0.0685. The molecular weight excluding hydrogens is 260 g/mol. The lowest BCUT2D eigenvalue weighted by Gasteiger charge is -2.26. The summed E-state index contributed by atoms with van der Waals surface area (Å²) in [6.45, 7) is 1.09. The van der Waals surface area contributed by atoms with Crippen molar-refractivity contribution in [2.24, 2.45) is 0 Å². The van der Waals surface area contributed by atoms with Crippen LogP contribution in [0.3, 0.4) is 0 Å². The molecule has 2 aromatic rings.